The van der Waals surface area contributed by atoms with Gasteiger partial charge in [-0.15, -0.1) is 3.97 Å². The highest BCUT2D eigenvalue weighted by Gasteiger charge is 2.45. The molecule has 2 fully saturated rings. The maximum absolute atomic E-state index is 14.0. The van der Waals surface area contributed by atoms with Crippen LogP contribution < -0.4 is 4.98 Å². The number of benzene rings is 3. The van der Waals surface area contributed by atoms with Crippen molar-refractivity contribution in [3.05, 3.63) is 126 Å². The van der Waals surface area contributed by atoms with Crippen LogP contribution in [0.25, 0.3) is 44.5 Å². The van der Waals surface area contributed by atoms with E-state index in [0.717, 1.165) is 70.5 Å². The van der Waals surface area contributed by atoms with Crippen LogP contribution in [0, 0.1) is 6.92 Å². The Labute approximate surface area is 301 Å². The summed E-state index contributed by atoms with van der Waals surface area (Å²) in [6, 6.07) is 31.7. The van der Waals surface area contributed by atoms with Crippen LogP contribution in [-0.2, 0) is 27.6 Å². The average Bonchev–Trinajstić information content (AvgIpc) is 3.45. The Morgan fingerprint density at radius 2 is 1.47 bits per heavy atom. The van der Waals surface area contributed by atoms with Crippen LogP contribution in [0.3, 0.4) is 0 Å². The lowest BCUT2D eigenvalue weighted by Gasteiger charge is -2.56. The monoisotopic (exact) mass is 697 g/mol. The number of morpholine rings is 1. The maximum Gasteiger partial charge on any atom is 0.335 e. The number of ether oxygens (including phenoxy) is 1. The minimum atomic E-state index is -3.86. The van der Waals surface area contributed by atoms with Gasteiger partial charge in [0.05, 0.1) is 30.5 Å². The molecular weight excluding hydrogens is 653 g/mol. The Morgan fingerprint density at radius 1 is 0.765 bits per heavy atom. The first-order valence-corrected chi connectivity index (χ1v) is 19.8. The van der Waals surface area contributed by atoms with Gasteiger partial charge in [-0.2, -0.15) is 8.42 Å². The highest BCUT2D eigenvalue weighted by atomic mass is 32.2. The second kappa shape index (κ2) is 13.8. The lowest BCUT2D eigenvalue weighted by molar-refractivity contribution is -0.347. The van der Waals surface area contributed by atoms with Gasteiger partial charge in [0.1, 0.15) is 11.1 Å². The minimum Gasteiger partial charge on any atom is -0.378 e. The van der Waals surface area contributed by atoms with E-state index >= 15 is 0 Å². The van der Waals surface area contributed by atoms with Gasteiger partial charge >= 0.3 is 15.7 Å². The van der Waals surface area contributed by atoms with Crippen LogP contribution in [0.4, 0.5) is 0 Å². The summed E-state index contributed by atoms with van der Waals surface area (Å²) in [4.78, 5) is 11.0. The third-order valence-corrected chi connectivity index (χ3v) is 12.6. The molecule has 51 heavy (non-hydrogen) atoms. The molecule has 5 heterocycles. The molecule has 6 aromatic rings. The fourth-order valence-corrected chi connectivity index (χ4v) is 9.71. The number of nitrogens with one attached hydrogen (secondary N) is 1. The Morgan fingerprint density at radius 3 is 2.20 bits per heavy atom. The summed E-state index contributed by atoms with van der Waals surface area (Å²) in [5.41, 5.74) is 10.4. The fraction of sp³-hybridized carbons (Fsp3) is 0.302. The van der Waals surface area contributed by atoms with Crippen LogP contribution in [-0.4, -0.2) is 53.6 Å². The normalized spacial score (nSPS) is 20.1. The Balaban J connectivity index is 0.00000184. The van der Waals surface area contributed by atoms with Crippen molar-refractivity contribution in [1.82, 2.24) is 13.9 Å². The molecule has 2 aliphatic heterocycles. The standard InChI is InChI=1S/C41H38N4O3S.C2H6/c1-27-6-5-19-42-40(27)30-12-10-29(11-13-30)39-24-44(49(46,47)37-7-3-2-4-8-37)41-38(39)21-33(23-43-41)32-14-9-28-15-17-34(18-16-31(28)20-32)45-35-22-36(45)26-48-25-35;1-2/h2-14,19-21,23-24,34-36H,15-18,22,25-26H2,1H3;1-2H3/p+1. The molecule has 1 N–H and O–H groups in total. The Bertz CT molecular complexity index is 2290. The number of rotatable bonds is 6. The number of fused-ring (bicyclic) bond motifs is 4. The molecule has 3 aromatic carbocycles. The highest BCUT2D eigenvalue weighted by molar-refractivity contribution is 7.90. The van der Waals surface area contributed by atoms with E-state index in [2.05, 4.69) is 76.4 Å². The lowest BCUT2D eigenvalue weighted by Crippen LogP contribution is -2.66. The van der Waals surface area contributed by atoms with Gasteiger partial charge < -0.3 is 4.74 Å². The highest BCUT2D eigenvalue weighted by Crippen LogP contribution is 2.39. The van der Waals surface area contributed by atoms with Crippen molar-refractivity contribution in [2.24, 2.45) is 0 Å². The number of hydrogen-bond donors (Lipinski definition) is 0. The van der Waals surface area contributed by atoms with Gasteiger partial charge in [0.2, 0.25) is 0 Å². The van der Waals surface area contributed by atoms with E-state index in [0.29, 0.717) is 23.8 Å². The van der Waals surface area contributed by atoms with Crippen molar-refractivity contribution >= 4 is 21.1 Å². The smallest absolute Gasteiger partial charge is 0.335 e. The van der Waals surface area contributed by atoms with Crippen molar-refractivity contribution in [3.63, 3.8) is 0 Å². The molecule has 8 heteroatoms. The van der Waals surface area contributed by atoms with E-state index in [1.54, 1.807) is 30.5 Å². The number of aryl methyl sites for hydroxylation is 3. The molecule has 7 nitrogen and oxygen atoms in total. The molecule has 3 aromatic heterocycles. The van der Waals surface area contributed by atoms with Gasteiger partial charge in [0.15, 0.2) is 0 Å². The van der Waals surface area contributed by atoms with Gasteiger partial charge in [-0.3, -0.25) is 9.88 Å². The molecule has 2 bridgehead atoms. The second-order valence-corrected chi connectivity index (χ2v) is 15.6. The number of H-pyrrole nitrogens is 1. The first-order chi connectivity index (χ1) is 24.9. The zero-order valence-corrected chi connectivity index (χ0v) is 30.4. The first-order valence-electron chi connectivity index (χ1n) is 18.3. The minimum absolute atomic E-state index is 0.246. The van der Waals surface area contributed by atoms with Crippen molar-refractivity contribution in [2.75, 3.05) is 13.2 Å². The van der Waals surface area contributed by atoms with E-state index in [1.807, 2.05) is 38.4 Å². The number of pyridine rings is 2. The van der Waals surface area contributed by atoms with Gasteiger partial charge in [0.25, 0.3) is 0 Å². The van der Waals surface area contributed by atoms with Crippen LogP contribution in [0.2, 0.25) is 0 Å². The van der Waals surface area contributed by atoms with Crippen LogP contribution >= 0.6 is 0 Å². The maximum atomic E-state index is 14.0. The third-order valence-electron chi connectivity index (χ3n) is 10.9. The molecular formula is C43H45N4O3S+. The zero-order chi connectivity index (χ0) is 35.1. The van der Waals surface area contributed by atoms with Gasteiger partial charge in [-0.05, 0) is 91.1 Å². The summed E-state index contributed by atoms with van der Waals surface area (Å²) in [6.45, 7) is 7.82. The summed E-state index contributed by atoms with van der Waals surface area (Å²) < 4.78 is 35.2. The van der Waals surface area contributed by atoms with Crippen molar-refractivity contribution in [1.29, 1.82) is 0 Å². The van der Waals surface area contributed by atoms with Crippen LogP contribution in [0.5, 0.6) is 0 Å². The molecule has 0 spiro atoms. The largest absolute Gasteiger partial charge is 0.378 e. The van der Waals surface area contributed by atoms with Crippen LogP contribution in [0.15, 0.2) is 114 Å². The SMILES string of the molecule is CC.Cc1cccnc1-c1ccc(-c2cn(S(=O)(=O)c3ccccc3)c3[nH+]cc(-c4ccc5c(c4)CCC(N4C6COCC4C6)CC5)cc23)cc1. The van der Waals surface area contributed by atoms with Crippen LogP contribution in [0.1, 0.15) is 49.8 Å². The summed E-state index contributed by atoms with van der Waals surface area (Å²) in [7, 11) is -3.86. The molecule has 260 valence electrons. The molecule has 2 saturated heterocycles. The van der Waals surface area contributed by atoms with Crippen molar-refractivity contribution in [3.8, 4) is 33.5 Å². The quantitative estimate of drug-likeness (QED) is 0.164. The summed E-state index contributed by atoms with van der Waals surface area (Å²) in [6.07, 6.45) is 11.3. The third kappa shape index (κ3) is 6.09. The molecule has 0 radical (unpaired) electrons. The predicted octanol–water partition coefficient (Wildman–Crippen LogP) is 8.14. The van der Waals surface area contributed by atoms with Gasteiger partial charge in [-0.25, -0.2) is 4.98 Å². The molecule has 3 atom stereocenters. The number of hydrogen-bond acceptors (Lipinski definition) is 5. The van der Waals surface area contributed by atoms with E-state index < -0.39 is 10.0 Å². The van der Waals surface area contributed by atoms with Crippen molar-refractivity contribution in [2.45, 2.75) is 75.9 Å². The number of nitrogens with zero attached hydrogens (tertiary/aromatic N) is 3. The Hall–Kier alpha value is -4.63. The molecule has 1 aliphatic carbocycles. The molecule has 0 amide bonds. The van der Waals surface area contributed by atoms with Crippen molar-refractivity contribution < 1.29 is 18.1 Å². The summed E-state index contributed by atoms with van der Waals surface area (Å²) in [5, 5.41) is 0.848. The first kappa shape index (κ1) is 33.5. The molecule has 3 aliphatic rings. The second-order valence-electron chi connectivity index (χ2n) is 13.8. The number of aromatic nitrogens is 3. The molecule has 9 rings (SSSR count). The van der Waals surface area contributed by atoms with Gasteiger partial charge in [0, 0.05) is 41.0 Å². The summed E-state index contributed by atoms with van der Waals surface area (Å²) in [5.74, 6) is 0. The number of aromatic amines is 1. The molecule has 3 unspecified atom stereocenters. The summed E-state index contributed by atoms with van der Waals surface area (Å²) >= 11 is 0. The van der Waals surface area contributed by atoms with E-state index in [9.17, 15) is 8.42 Å². The lowest BCUT2D eigenvalue weighted by atomic mass is 9.87. The predicted molar refractivity (Wildman–Crippen MR) is 203 cm³/mol. The Kier molecular flexibility index (Phi) is 9.09. The average molecular weight is 698 g/mol. The van der Waals surface area contributed by atoms with Gasteiger partial charge in [-0.1, -0.05) is 80.6 Å². The fourth-order valence-electron chi connectivity index (χ4n) is 8.35. The van der Waals surface area contributed by atoms with E-state index in [-0.39, 0.29) is 4.90 Å². The topological polar surface area (TPSA) is 78.6 Å². The molecule has 0 saturated carbocycles. The zero-order valence-electron chi connectivity index (χ0n) is 29.5. The van der Waals surface area contributed by atoms with E-state index in [4.69, 9.17) is 4.74 Å². The van der Waals surface area contributed by atoms with E-state index in [1.165, 1.54) is 34.4 Å².